The Labute approximate surface area is 144 Å². The summed E-state index contributed by atoms with van der Waals surface area (Å²) in [6.45, 7) is 0.202. The van der Waals surface area contributed by atoms with Crippen LogP contribution in [0.3, 0.4) is 0 Å². The highest BCUT2D eigenvalue weighted by Gasteiger charge is 2.48. The normalized spacial score (nSPS) is 29.5. The highest BCUT2D eigenvalue weighted by molar-refractivity contribution is 8.07. The Hall–Kier alpha value is -0.870. The first-order valence-corrected chi connectivity index (χ1v) is 9.93. The van der Waals surface area contributed by atoms with Gasteiger partial charge in [-0.15, -0.1) is 0 Å². The summed E-state index contributed by atoms with van der Waals surface area (Å²) in [5, 5.41) is 0. The second-order valence-corrected chi connectivity index (χ2v) is 8.29. The quantitative estimate of drug-likeness (QED) is 0.689. The van der Waals surface area contributed by atoms with Crippen LogP contribution in [0.1, 0.15) is 25.1 Å². The Morgan fingerprint density at radius 1 is 1.50 bits per heavy atom. The zero-order valence-electron chi connectivity index (χ0n) is 13.9. The third-order valence-corrected chi connectivity index (χ3v) is 5.57. The summed E-state index contributed by atoms with van der Waals surface area (Å²) in [5.41, 5.74) is 5.73. The standard InChI is InChI=1S/C13H22N3O6PS/c1-5-8-9(22-23(18,24)20-4)10(19-3)12(21-8)16-6-7(2)11(14)15-13(16)17/h6,8-10,12H,5H2,1-4H3,(H,18,24)(H2,14,15,17)/t8-,9?,10?,12-,23?/m1/s1. The minimum atomic E-state index is -3.42. The zero-order valence-corrected chi connectivity index (χ0v) is 15.6. The second-order valence-electron chi connectivity index (χ2n) is 5.39. The second kappa shape index (κ2) is 7.57. The summed E-state index contributed by atoms with van der Waals surface area (Å²) in [5.74, 6) is 0.160. The van der Waals surface area contributed by atoms with E-state index in [0.717, 1.165) is 0 Å². The molecule has 0 saturated carbocycles. The van der Waals surface area contributed by atoms with Crippen molar-refractivity contribution in [1.82, 2.24) is 9.55 Å². The lowest BCUT2D eigenvalue weighted by atomic mass is 10.1. The van der Waals surface area contributed by atoms with Crippen LogP contribution in [0, 0.1) is 6.92 Å². The molecule has 2 rings (SSSR count). The lowest BCUT2D eigenvalue weighted by molar-refractivity contribution is -0.0539. The molecule has 0 amide bonds. The summed E-state index contributed by atoms with van der Waals surface area (Å²) in [6.07, 6.45) is -0.462. The lowest BCUT2D eigenvalue weighted by Crippen LogP contribution is -2.38. The van der Waals surface area contributed by atoms with Crippen LogP contribution >= 0.6 is 6.72 Å². The molecule has 1 aliphatic rings. The van der Waals surface area contributed by atoms with Gasteiger partial charge in [0.15, 0.2) is 6.23 Å². The largest absolute Gasteiger partial charge is 0.383 e. The molecule has 1 saturated heterocycles. The van der Waals surface area contributed by atoms with E-state index in [1.807, 2.05) is 6.92 Å². The van der Waals surface area contributed by atoms with Crippen molar-refractivity contribution in [2.45, 2.75) is 44.8 Å². The molecule has 3 N–H and O–H groups in total. The highest BCUT2D eigenvalue weighted by atomic mass is 32.5. The molecule has 1 aromatic heterocycles. The number of methoxy groups -OCH3 is 1. The van der Waals surface area contributed by atoms with Gasteiger partial charge in [0.2, 0.25) is 0 Å². The van der Waals surface area contributed by atoms with Gasteiger partial charge in [-0.05, 0) is 25.2 Å². The van der Waals surface area contributed by atoms with Crippen LogP contribution in [0.5, 0.6) is 0 Å². The summed E-state index contributed by atoms with van der Waals surface area (Å²) >= 11 is 4.92. The van der Waals surface area contributed by atoms with Crippen LogP contribution in [-0.2, 0) is 30.3 Å². The van der Waals surface area contributed by atoms with Crippen LogP contribution in [0.15, 0.2) is 11.0 Å². The van der Waals surface area contributed by atoms with Crippen LogP contribution in [-0.4, -0.2) is 47.0 Å². The van der Waals surface area contributed by atoms with E-state index < -0.39 is 36.9 Å². The summed E-state index contributed by atoms with van der Waals surface area (Å²) < 4.78 is 23.1. The van der Waals surface area contributed by atoms with Crippen molar-refractivity contribution in [2.75, 3.05) is 20.0 Å². The van der Waals surface area contributed by atoms with Crippen molar-refractivity contribution in [1.29, 1.82) is 0 Å². The molecule has 2 heterocycles. The highest BCUT2D eigenvalue weighted by Crippen LogP contribution is 2.48. The predicted molar refractivity (Wildman–Crippen MR) is 91.0 cm³/mol. The van der Waals surface area contributed by atoms with Crippen molar-refractivity contribution < 1.29 is 23.4 Å². The Morgan fingerprint density at radius 2 is 2.17 bits per heavy atom. The fourth-order valence-corrected chi connectivity index (χ4v) is 3.54. The number of nitrogen functional groups attached to an aromatic ring is 1. The van der Waals surface area contributed by atoms with Crippen molar-refractivity contribution in [3.8, 4) is 0 Å². The van der Waals surface area contributed by atoms with E-state index in [1.165, 1.54) is 18.8 Å². The van der Waals surface area contributed by atoms with Crippen LogP contribution < -0.4 is 11.4 Å². The molecular weight excluding hydrogens is 357 g/mol. The third-order valence-electron chi connectivity index (χ3n) is 3.89. The van der Waals surface area contributed by atoms with E-state index >= 15 is 0 Å². The maximum absolute atomic E-state index is 12.2. The summed E-state index contributed by atoms with van der Waals surface area (Å²) in [6, 6.07) is 0. The molecule has 1 fully saturated rings. The SMILES string of the molecule is CC[C@H]1O[C@@H](n2cc(C)c(N)nc2=O)C(OC)C1OP(O)(=S)OC. The number of hydrogen-bond donors (Lipinski definition) is 2. The maximum Gasteiger partial charge on any atom is 0.351 e. The number of nitrogens with zero attached hydrogens (tertiary/aromatic N) is 2. The molecule has 136 valence electrons. The lowest BCUT2D eigenvalue weighted by Gasteiger charge is -2.26. The van der Waals surface area contributed by atoms with Gasteiger partial charge in [-0.3, -0.25) is 9.09 Å². The van der Waals surface area contributed by atoms with Crippen molar-refractivity contribution in [3.05, 3.63) is 22.2 Å². The van der Waals surface area contributed by atoms with Crippen LogP contribution in [0.25, 0.3) is 0 Å². The van der Waals surface area contributed by atoms with Gasteiger partial charge >= 0.3 is 12.4 Å². The summed E-state index contributed by atoms with van der Waals surface area (Å²) in [4.78, 5) is 25.9. The molecule has 9 nitrogen and oxygen atoms in total. The maximum atomic E-state index is 12.2. The van der Waals surface area contributed by atoms with Gasteiger partial charge in [0.05, 0.1) is 6.10 Å². The molecule has 0 aliphatic carbocycles. The van der Waals surface area contributed by atoms with Gasteiger partial charge < -0.3 is 24.6 Å². The fourth-order valence-electron chi connectivity index (χ4n) is 2.60. The number of rotatable bonds is 6. The van der Waals surface area contributed by atoms with Gasteiger partial charge in [-0.25, -0.2) is 4.79 Å². The minimum Gasteiger partial charge on any atom is -0.383 e. The molecular formula is C13H22N3O6PS. The van der Waals surface area contributed by atoms with Crippen molar-refractivity contribution in [2.24, 2.45) is 0 Å². The molecule has 5 atom stereocenters. The van der Waals surface area contributed by atoms with E-state index in [0.29, 0.717) is 12.0 Å². The van der Waals surface area contributed by atoms with Crippen LogP contribution in [0.2, 0.25) is 0 Å². The number of hydrogen-bond acceptors (Lipinski definition) is 8. The number of aryl methyl sites for hydroxylation is 1. The molecule has 1 aliphatic heterocycles. The van der Waals surface area contributed by atoms with E-state index in [2.05, 4.69) is 4.98 Å². The van der Waals surface area contributed by atoms with Crippen LogP contribution in [0.4, 0.5) is 5.82 Å². The van der Waals surface area contributed by atoms with Crippen molar-refractivity contribution >= 4 is 24.3 Å². The molecule has 11 heteroatoms. The van der Waals surface area contributed by atoms with Gasteiger partial charge in [-0.1, -0.05) is 6.92 Å². The first kappa shape index (κ1) is 19.5. The molecule has 3 unspecified atom stereocenters. The molecule has 0 aromatic carbocycles. The molecule has 1 aromatic rings. The van der Waals surface area contributed by atoms with E-state index in [1.54, 1.807) is 13.1 Å². The smallest absolute Gasteiger partial charge is 0.351 e. The Morgan fingerprint density at radius 3 is 2.71 bits per heavy atom. The Bertz CT molecular complexity index is 699. The monoisotopic (exact) mass is 379 g/mol. The van der Waals surface area contributed by atoms with Gasteiger partial charge in [-0.2, -0.15) is 4.98 Å². The Balaban J connectivity index is 2.40. The third kappa shape index (κ3) is 3.85. The first-order chi connectivity index (χ1) is 11.2. The van der Waals surface area contributed by atoms with Crippen molar-refractivity contribution in [3.63, 3.8) is 0 Å². The molecule has 0 spiro atoms. The van der Waals surface area contributed by atoms with Gasteiger partial charge in [0.1, 0.15) is 18.0 Å². The van der Waals surface area contributed by atoms with Gasteiger partial charge in [0, 0.05) is 26.0 Å². The van der Waals surface area contributed by atoms with Gasteiger partial charge in [0.25, 0.3) is 0 Å². The minimum absolute atomic E-state index is 0.160. The number of anilines is 1. The fraction of sp³-hybridized carbons (Fsp3) is 0.692. The van der Waals surface area contributed by atoms with E-state index in [4.69, 9.17) is 36.1 Å². The summed E-state index contributed by atoms with van der Waals surface area (Å²) in [7, 11) is 2.74. The predicted octanol–water partition coefficient (Wildman–Crippen LogP) is 0.705. The average Bonchev–Trinajstić information content (AvgIpc) is 2.87. The topological polar surface area (TPSA) is 118 Å². The first-order valence-electron chi connectivity index (χ1n) is 7.34. The molecule has 0 radical (unpaired) electrons. The molecule has 24 heavy (non-hydrogen) atoms. The Kier molecular flexibility index (Phi) is 6.14. The van der Waals surface area contributed by atoms with E-state index in [9.17, 15) is 9.69 Å². The number of ether oxygens (including phenoxy) is 2. The average molecular weight is 379 g/mol. The number of nitrogens with two attached hydrogens (primary N) is 1. The zero-order chi connectivity index (χ0) is 18.1. The molecule has 0 bridgehead atoms. The number of aromatic nitrogens is 2. The van der Waals surface area contributed by atoms with E-state index in [-0.39, 0.29) is 5.82 Å².